The summed E-state index contributed by atoms with van der Waals surface area (Å²) in [7, 11) is 3.46. The summed E-state index contributed by atoms with van der Waals surface area (Å²) in [4.78, 5) is 37.0. The second-order valence-corrected chi connectivity index (χ2v) is 13.7. The maximum atomic E-state index is 13.2. The lowest BCUT2D eigenvalue weighted by atomic mass is 9.68. The molecule has 1 amide bonds. The minimum atomic E-state index is -0.466. The molecule has 3 rings (SSSR count). The van der Waals surface area contributed by atoms with Crippen LogP contribution < -0.4 is 10.6 Å². The van der Waals surface area contributed by atoms with Gasteiger partial charge in [0.1, 0.15) is 29.2 Å². The molecule has 252 valence electrons. The summed E-state index contributed by atoms with van der Waals surface area (Å²) >= 11 is 0. The summed E-state index contributed by atoms with van der Waals surface area (Å²) in [5.41, 5.74) is 0.604. The summed E-state index contributed by atoms with van der Waals surface area (Å²) in [6, 6.07) is 0. The Bertz CT molecular complexity index is 976. The van der Waals surface area contributed by atoms with E-state index < -0.39 is 6.09 Å². The van der Waals surface area contributed by atoms with Crippen LogP contribution in [-0.2, 0) is 33.3 Å². The molecule has 1 aliphatic carbocycles. The molecule has 2 N–H and O–H groups in total. The number of hydrogen-bond acceptors (Lipinski definition) is 9. The molecule has 2 heterocycles. The van der Waals surface area contributed by atoms with Crippen molar-refractivity contribution in [2.45, 2.75) is 128 Å². The van der Waals surface area contributed by atoms with E-state index in [0.29, 0.717) is 32.5 Å². The first-order chi connectivity index (χ1) is 21.0. The summed E-state index contributed by atoms with van der Waals surface area (Å²) in [6.07, 6.45) is 9.01. The first-order valence-electron chi connectivity index (χ1n) is 16.7. The molecule has 3 fully saturated rings. The van der Waals surface area contributed by atoms with Gasteiger partial charge in [0, 0.05) is 26.0 Å². The summed E-state index contributed by atoms with van der Waals surface area (Å²) in [6.45, 7) is 12.2. The number of carbonyl (C=O) groups excluding carboxylic acids is 3. The maximum absolute atomic E-state index is 13.2. The molecule has 2 aliphatic heterocycles. The number of unbranched alkanes of at least 4 members (excludes halogenated alkanes) is 4. The Kier molecular flexibility index (Phi) is 14.1. The lowest BCUT2D eigenvalue weighted by Gasteiger charge is -2.42. The van der Waals surface area contributed by atoms with Crippen LogP contribution in [0, 0.1) is 17.8 Å². The molecule has 0 bridgehead atoms. The number of hydrogen-bond donors (Lipinski definition) is 2. The monoisotopic (exact) mass is 622 g/mol. The molecule has 3 unspecified atom stereocenters. The predicted octanol–water partition coefficient (Wildman–Crippen LogP) is 5.12. The number of amides is 1. The molecule has 44 heavy (non-hydrogen) atoms. The van der Waals surface area contributed by atoms with Crippen LogP contribution in [-0.4, -0.2) is 87.8 Å². The summed E-state index contributed by atoms with van der Waals surface area (Å²) < 4.78 is 29.8. The van der Waals surface area contributed by atoms with E-state index in [0.717, 1.165) is 44.9 Å². The number of ether oxygens (including phenoxy) is 5. The smallest absolute Gasteiger partial charge is 0.407 e. The second kappa shape index (κ2) is 17.1. The van der Waals surface area contributed by atoms with Gasteiger partial charge in [-0.15, -0.1) is 0 Å². The van der Waals surface area contributed by atoms with Crippen LogP contribution in [0.5, 0.6) is 0 Å². The van der Waals surface area contributed by atoms with Gasteiger partial charge in [-0.2, -0.15) is 0 Å². The normalized spacial score (nSPS) is 29.6. The van der Waals surface area contributed by atoms with Crippen LogP contribution in [0.15, 0.2) is 11.6 Å². The molecule has 1 saturated carbocycles. The highest BCUT2D eigenvalue weighted by atomic mass is 16.6. The third-order valence-electron chi connectivity index (χ3n) is 9.60. The zero-order chi connectivity index (χ0) is 32.3. The average Bonchev–Trinajstić information content (AvgIpc) is 3.88. The van der Waals surface area contributed by atoms with Gasteiger partial charge in [0.25, 0.3) is 0 Å². The largest absolute Gasteiger partial charge is 0.460 e. The molecule has 7 atom stereocenters. The zero-order valence-corrected chi connectivity index (χ0v) is 28.2. The van der Waals surface area contributed by atoms with Crippen molar-refractivity contribution >= 4 is 17.8 Å². The SMILES string of the molecule is CNCC(=O)CCCCCCCNC(=O)OC[C@H](CC(=O)OC1CC[C@]2(CO2)C([C@@]2(C)O[C@@H]2CC=C(C)C)C1OC)C(C)C. The standard InChI is InChI=1S/C34H58N2O8/c1-23(2)14-15-28-33(5,44-28)31-30(40-7)27(16-17-34(31)22-42-34)43-29(38)19-25(24(3)4)21-41-32(39)36-18-12-10-8-9-11-13-26(37)20-35-6/h14,24-25,27-28,30-31,35H,8-13,15-22H2,1-7H3,(H,36,39)/t25-,27?,28+,30?,31?,33-,34-/m0/s1. The lowest BCUT2D eigenvalue weighted by molar-refractivity contribution is -0.173. The first-order valence-corrected chi connectivity index (χ1v) is 16.7. The highest BCUT2D eigenvalue weighted by Gasteiger charge is 2.72. The number of rotatable bonds is 20. The first kappa shape index (κ1) is 36.5. The van der Waals surface area contributed by atoms with E-state index in [4.69, 9.17) is 23.7 Å². The van der Waals surface area contributed by atoms with Crippen molar-refractivity contribution in [1.29, 1.82) is 0 Å². The van der Waals surface area contributed by atoms with Crippen molar-refractivity contribution in [3.05, 3.63) is 11.6 Å². The minimum Gasteiger partial charge on any atom is -0.460 e. The Morgan fingerprint density at radius 3 is 2.43 bits per heavy atom. The van der Waals surface area contributed by atoms with Crippen LogP contribution >= 0.6 is 0 Å². The van der Waals surface area contributed by atoms with E-state index in [1.807, 2.05) is 13.8 Å². The molecule has 0 aromatic carbocycles. The Morgan fingerprint density at radius 1 is 1.09 bits per heavy atom. The number of carbonyl (C=O) groups is 3. The fourth-order valence-corrected chi connectivity index (χ4v) is 6.68. The molecule has 2 saturated heterocycles. The Balaban J connectivity index is 1.40. The molecule has 10 nitrogen and oxygen atoms in total. The van der Waals surface area contributed by atoms with Crippen LogP contribution in [0.2, 0.25) is 0 Å². The molecule has 0 radical (unpaired) electrons. The van der Waals surface area contributed by atoms with Gasteiger partial charge in [-0.3, -0.25) is 9.59 Å². The third-order valence-corrected chi connectivity index (χ3v) is 9.60. The number of methoxy groups -OCH3 is 1. The van der Waals surface area contributed by atoms with E-state index >= 15 is 0 Å². The molecule has 0 aromatic rings. The average molecular weight is 623 g/mol. The number of esters is 1. The van der Waals surface area contributed by atoms with Crippen molar-refractivity contribution in [3.8, 4) is 0 Å². The van der Waals surface area contributed by atoms with Crippen molar-refractivity contribution in [3.63, 3.8) is 0 Å². The van der Waals surface area contributed by atoms with Crippen molar-refractivity contribution in [2.24, 2.45) is 17.8 Å². The lowest BCUT2D eigenvalue weighted by Crippen LogP contribution is -2.55. The number of nitrogens with one attached hydrogen (secondary N) is 2. The third kappa shape index (κ3) is 10.5. The van der Waals surface area contributed by atoms with Gasteiger partial charge in [-0.25, -0.2) is 4.79 Å². The molecule has 10 heteroatoms. The topological polar surface area (TPSA) is 128 Å². The van der Waals surface area contributed by atoms with E-state index in [9.17, 15) is 14.4 Å². The molecular formula is C34H58N2O8. The maximum Gasteiger partial charge on any atom is 0.407 e. The van der Waals surface area contributed by atoms with Crippen LogP contribution in [0.1, 0.15) is 98.8 Å². The highest BCUT2D eigenvalue weighted by molar-refractivity contribution is 5.80. The Hall–Kier alpha value is -2.01. The Labute approximate surface area is 264 Å². The van der Waals surface area contributed by atoms with Gasteiger partial charge in [-0.05, 0) is 65.8 Å². The highest BCUT2D eigenvalue weighted by Crippen LogP contribution is 2.59. The van der Waals surface area contributed by atoms with Crippen LogP contribution in [0.25, 0.3) is 0 Å². The van der Waals surface area contributed by atoms with Crippen molar-refractivity contribution in [1.82, 2.24) is 10.6 Å². The summed E-state index contributed by atoms with van der Waals surface area (Å²) in [5.74, 6) is -0.111. The van der Waals surface area contributed by atoms with Gasteiger partial charge in [0.2, 0.25) is 0 Å². The van der Waals surface area contributed by atoms with Gasteiger partial charge in [-0.1, -0.05) is 44.8 Å². The second-order valence-electron chi connectivity index (χ2n) is 13.7. The Morgan fingerprint density at radius 2 is 1.80 bits per heavy atom. The van der Waals surface area contributed by atoms with E-state index in [2.05, 4.69) is 37.5 Å². The number of ketones is 1. The number of Topliss-reactive ketones (excluding diaryl/α,β-unsaturated/α-hetero) is 1. The fraction of sp³-hybridized carbons (Fsp3) is 0.853. The number of epoxide rings is 2. The number of alkyl carbamates (subject to hydrolysis) is 1. The summed E-state index contributed by atoms with van der Waals surface area (Å²) in [5, 5.41) is 5.69. The molecule has 3 aliphatic rings. The van der Waals surface area contributed by atoms with Crippen molar-refractivity contribution in [2.75, 3.05) is 40.5 Å². The van der Waals surface area contributed by atoms with Gasteiger partial charge in [0.15, 0.2) is 0 Å². The minimum absolute atomic E-state index is 0.0254. The number of likely N-dealkylation sites (N-methyl/N-ethyl adjacent to an activating group) is 1. The molecule has 0 aromatic heterocycles. The van der Waals surface area contributed by atoms with Gasteiger partial charge >= 0.3 is 12.1 Å². The predicted molar refractivity (Wildman–Crippen MR) is 168 cm³/mol. The van der Waals surface area contributed by atoms with E-state index in [1.165, 1.54) is 5.57 Å². The van der Waals surface area contributed by atoms with Crippen molar-refractivity contribution < 1.29 is 38.1 Å². The van der Waals surface area contributed by atoms with E-state index in [1.54, 1.807) is 14.2 Å². The quantitative estimate of drug-likeness (QED) is 0.0823. The van der Waals surface area contributed by atoms with Crippen LogP contribution in [0.4, 0.5) is 4.79 Å². The molecular weight excluding hydrogens is 564 g/mol. The fourth-order valence-electron chi connectivity index (χ4n) is 6.68. The van der Waals surface area contributed by atoms with Crippen LogP contribution in [0.3, 0.4) is 0 Å². The number of allylic oxidation sites excluding steroid dienone is 1. The van der Waals surface area contributed by atoms with E-state index in [-0.39, 0.29) is 72.0 Å². The van der Waals surface area contributed by atoms with Gasteiger partial charge < -0.3 is 34.3 Å². The molecule has 1 spiro atoms. The van der Waals surface area contributed by atoms with Gasteiger partial charge in [0.05, 0.1) is 38.2 Å². The zero-order valence-electron chi connectivity index (χ0n) is 28.2.